The number of hydrogen-bond donors (Lipinski definition) is 2. The largest absolute Gasteiger partial charge is 0.390 e. The van der Waals surface area contributed by atoms with E-state index in [4.69, 9.17) is 10.8 Å². The van der Waals surface area contributed by atoms with Crippen molar-refractivity contribution >= 4 is 27.3 Å². The van der Waals surface area contributed by atoms with Gasteiger partial charge in [0.25, 0.3) is 5.92 Å². The fourth-order valence-electron chi connectivity index (χ4n) is 0.802. The molecule has 2 nitrogen and oxygen atoms in total. The van der Waals surface area contributed by atoms with Crippen LogP contribution in [-0.4, -0.2) is 17.6 Å². The molecule has 74 valence electrons. The molecule has 1 aromatic rings. The van der Waals surface area contributed by atoms with E-state index in [1.54, 1.807) is 6.07 Å². The summed E-state index contributed by atoms with van der Waals surface area (Å²) in [5.41, 5.74) is 5.28. The molecule has 0 bridgehead atoms. The fraction of sp³-hybridized carbons (Fsp3) is 0.429. The lowest BCUT2D eigenvalue weighted by molar-refractivity contribution is -0.0703. The summed E-state index contributed by atoms with van der Waals surface area (Å²) in [6.45, 7) is -1.23. The molecule has 0 aliphatic carbocycles. The van der Waals surface area contributed by atoms with E-state index < -0.39 is 18.6 Å². The number of nitrogens with two attached hydrogens (primary N) is 1. The minimum atomic E-state index is -3.26. The molecule has 1 rings (SSSR count). The van der Waals surface area contributed by atoms with Crippen LogP contribution in [0.4, 0.5) is 8.78 Å². The molecule has 0 aliphatic heterocycles. The SMILES string of the molecule is N[C@H](c1ccc(Br)s1)C(F)(F)CO. The third-order valence-corrected chi connectivity index (χ3v) is 3.27. The van der Waals surface area contributed by atoms with Crippen molar-refractivity contribution in [3.05, 3.63) is 20.8 Å². The highest BCUT2D eigenvalue weighted by Crippen LogP contribution is 2.34. The van der Waals surface area contributed by atoms with E-state index in [0.717, 1.165) is 15.1 Å². The van der Waals surface area contributed by atoms with Crippen molar-refractivity contribution in [3.8, 4) is 0 Å². The van der Waals surface area contributed by atoms with Crippen LogP contribution in [0.3, 0.4) is 0 Å². The molecule has 0 fully saturated rings. The summed E-state index contributed by atoms with van der Waals surface area (Å²) < 4.78 is 26.5. The lowest BCUT2D eigenvalue weighted by atomic mass is 10.1. The minimum absolute atomic E-state index is 0.353. The normalized spacial score (nSPS) is 14.5. The Morgan fingerprint density at radius 1 is 1.62 bits per heavy atom. The third-order valence-electron chi connectivity index (χ3n) is 1.57. The van der Waals surface area contributed by atoms with E-state index in [-0.39, 0.29) is 0 Å². The number of halogens is 3. The van der Waals surface area contributed by atoms with Gasteiger partial charge in [-0.15, -0.1) is 11.3 Å². The van der Waals surface area contributed by atoms with E-state index in [9.17, 15) is 8.78 Å². The van der Waals surface area contributed by atoms with Gasteiger partial charge in [0.15, 0.2) is 0 Å². The van der Waals surface area contributed by atoms with Crippen molar-refractivity contribution in [2.75, 3.05) is 6.61 Å². The standard InChI is InChI=1S/C7H8BrF2NOS/c8-5-2-1-4(13-5)6(11)7(9,10)3-12/h1-2,6,12H,3,11H2/t6-/m1/s1. The summed E-state index contributed by atoms with van der Waals surface area (Å²) in [6.07, 6.45) is 0. The Morgan fingerprint density at radius 3 is 2.62 bits per heavy atom. The predicted octanol–water partition coefficient (Wildman–Crippen LogP) is 2.14. The molecule has 1 aromatic heterocycles. The van der Waals surface area contributed by atoms with Crippen LogP contribution in [0, 0.1) is 0 Å². The highest BCUT2D eigenvalue weighted by Gasteiger charge is 2.38. The number of alkyl halides is 2. The van der Waals surface area contributed by atoms with Crippen LogP contribution in [0.1, 0.15) is 10.9 Å². The Morgan fingerprint density at radius 2 is 2.23 bits per heavy atom. The maximum Gasteiger partial charge on any atom is 0.290 e. The molecule has 3 N–H and O–H groups in total. The van der Waals surface area contributed by atoms with Crippen LogP contribution in [0.25, 0.3) is 0 Å². The summed E-state index contributed by atoms with van der Waals surface area (Å²) in [5, 5.41) is 8.40. The Balaban J connectivity index is 2.84. The first-order valence-electron chi connectivity index (χ1n) is 3.47. The molecule has 1 atom stereocenters. The lowest BCUT2D eigenvalue weighted by Crippen LogP contribution is -2.35. The fourth-order valence-corrected chi connectivity index (χ4v) is 2.29. The first-order valence-corrected chi connectivity index (χ1v) is 5.08. The predicted molar refractivity (Wildman–Crippen MR) is 51.0 cm³/mol. The highest BCUT2D eigenvalue weighted by molar-refractivity contribution is 9.11. The maximum absolute atomic E-state index is 12.9. The number of aliphatic hydroxyl groups is 1. The number of thiophene rings is 1. The third kappa shape index (κ3) is 2.46. The van der Waals surface area contributed by atoms with Crippen LogP contribution in [0.2, 0.25) is 0 Å². The number of hydrogen-bond acceptors (Lipinski definition) is 3. The van der Waals surface area contributed by atoms with Crippen molar-refractivity contribution in [1.29, 1.82) is 0 Å². The molecule has 0 radical (unpaired) electrons. The number of rotatable bonds is 3. The Hall–Kier alpha value is -0.0400. The van der Waals surface area contributed by atoms with Gasteiger partial charge in [-0.1, -0.05) is 0 Å². The molecule has 0 amide bonds. The van der Waals surface area contributed by atoms with Crippen molar-refractivity contribution in [2.24, 2.45) is 5.73 Å². The molecule has 1 heterocycles. The second-order valence-electron chi connectivity index (χ2n) is 2.54. The zero-order chi connectivity index (χ0) is 10.1. The Labute approximate surface area is 86.5 Å². The first-order chi connectivity index (χ1) is 5.97. The monoisotopic (exact) mass is 271 g/mol. The molecule has 0 spiro atoms. The highest BCUT2D eigenvalue weighted by atomic mass is 79.9. The summed E-state index contributed by atoms with van der Waals surface area (Å²) >= 11 is 4.28. The average molecular weight is 272 g/mol. The minimum Gasteiger partial charge on any atom is -0.390 e. The van der Waals surface area contributed by atoms with Crippen LogP contribution in [-0.2, 0) is 0 Å². The van der Waals surface area contributed by atoms with Gasteiger partial charge in [0.2, 0.25) is 0 Å². The van der Waals surface area contributed by atoms with E-state index in [1.165, 1.54) is 6.07 Å². The Kier molecular flexibility index (Phi) is 3.39. The van der Waals surface area contributed by atoms with E-state index in [1.807, 2.05) is 0 Å². The van der Waals surface area contributed by atoms with Crippen LogP contribution >= 0.6 is 27.3 Å². The summed E-state index contributed by atoms with van der Waals surface area (Å²) in [7, 11) is 0. The topological polar surface area (TPSA) is 46.2 Å². The van der Waals surface area contributed by atoms with Gasteiger partial charge in [-0.3, -0.25) is 0 Å². The van der Waals surface area contributed by atoms with Gasteiger partial charge in [0.1, 0.15) is 12.6 Å². The maximum atomic E-state index is 12.9. The first kappa shape index (κ1) is 11.0. The van der Waals surface area contributed by atoms with Gasteiger partial charge < -0.3 is 10.8 Å². The molecule has 0 saturated carbocycles. The van der Waals surface area contributed by atoms with Crippen LogP contribution < -0.4 is 5.73 Å². The van der Waals surface area contributed by atoms with Crippen molar-refractivity contribution in [2.45, 2.75) is 12.0 Å². The zero-order valence-corrected chi connectivity index (χ0v) is 8.91. The number of aliphatic hydroxyl groups excluding tert-OH is 1. The molecule has 6 heteroatoms. The van der Waals surface area contributed by atoms with Crippen molar-refractivity contribution in [3.63, 3.8) is 0 Å². The molecular formula is C7H8BrF2NOS. The van der Waals surface area contributed by atoms with E-state index in [2.05, 4.69) is 15.9 Å². The van der Waals surface area contributed by atoms with Crippen molar-refractivity contribution < 1.29 is 13.9 Å². The lowest BCUT2D eigenvalue weighted by Gasteiger charge is -2.19. The Bertz CT molecular complexity index is 292. The molecule has 0 aliphatic rings. The van der Waals surface area contributed by atoms with E-state index in [0.29, 0.717) is 4.88 Å². The summed E-state index contributed by atoms with van der Waals surface area (Å²) in [4.78, 5) is 0.353. The van der Waals surface area contributed by atoms with Gasteiger partial charge >= 0.3 is 0 Å². The van der Waals surface area contributed by atoms with Gasteiger partial charge in [0.05, 0.1) is 3.79 Å². The van der Waals surface area contributed by atoms with Crippen LogP contribution in [0.5, 0.6) is 0 Å². The molecule has 13 heavy (non-hydrogen) atoms. The van der Waals surface area contributed by atoms with E-state index >= 15 is 0 Å². The molecule has 0 saturated heterocycles. The van der Waals surface area contributed by atoms with Crippen molar-refractivity contribution in [1.82, 2.24) is 0 Å². The van der Waals surface area contributed by atoms with Gasteiger partial charge in [-0.2, -0.15) is 0 Å². The second-order valence-corrected chi connectivity index (χ2v) is 5.03. The smallest absolute Gasteiger partial charge is 0.290 e. The van der Waals surface area contributed by atoms with Crippen LogP contribution in [0.15, 0.2) is 15.9 Å². The zero-order valence-electron chi connectivity index (χ0n) is 6.51. The molecule has 0 unspecified atom stereocenters. The average Bonchev–Trinajstić information content (AvgIpc) is 2.50. The van der Waals surface area contributed by atoms with Gasteiger partial charge in [-0.25, -0.2) is 8.78 Å². The second kappa shape index (κ2) is 4.00. The van der Waals surface area contributed by atoms with Gasteiger partial charge in [0, 0.05) is 4.88 Å². The molecule has 0 aromatic carbocycles. The van der Waals surface area contributed by atoms with Gasteiger partial charge in [-0.05, 0) is 28.1 Å². The summed E-state index contributed by atoms with van der Waals surface area (Å²) in [5.74, 6) is -3.26. The quantitative estimate of drug-likeness (QED) is 0.885. The summed E-state index contributed by atoms with van der Waals surface area (Å²) in [6, 6.07) is 1.73. The molecular weight excluding hydrogens is 264 g/mol.